The van der Waals surface area contributed by atoms with E-state index in [0.717, 1.165) is 36.4 Å². The van der Waals surface area contributed by atoms with E-state index in [1.165, 1.54) is 22.5 Å². The first kappa shape index (κ1) is 16.7. The lowest BCUT2D eigenvalue weighted by atomic mass is 10.2. The zero-order valence-corrected chi connectivity index (χ0v) is 15.0. The Morgan fingerprint density at radius 2 is 2.00 bits per heavy atom. The molecule has 0 atom stereocenters. The van der Waals surface area contributed by atoms with Crippen LogP contribution in [0.3, 0.4) is 0 Å². The molecule has 5 heteroatoms. The summed E-state index contributed by atoms with van der Waals surface area (Å²) in [6, 6.07) is 10.2. The lowest BCUT2D eigenvalue weighted by molar-refractivity contribution is 0.0959. The van der Waals surface area contributed by atoms with Gasteiger partial charge in [0.1, 0.15) is 0 Å². The third-order valence-electron chi connectivity index (χ3n) is 4.37. The van der Waals surface area contributed by atoms with Crippen molar-refractivity contribution >= 4 is 29.1 Å². The van der Waals surface area contributed by atoms with Crippen molar-refractivity contribution in [2.75, 3.05) is 18.0 Å². The van der Waals surface area contributed by atoms with Crippen molar-refractivity contribution in [2.45, 2.75) is 33.1 Å². The molecule has 24 heavy (non-hydrogen) atoms. The van der Waals surface area contributed by atoms with Crippen LogP contribution in [-0.4, -0.2) is 25.2 Å². The highest BCUT2D eigenvalue weighted by Gasteiger charge is 2.17. The molecule has 0 saturated carbocycles. The second kappa shape index (κ2) is 7.62. The summed E-state index contributed by atoms with van der Waals surface area (Å²) in [5.74, 6) is -0.120. The Labute approximate surface area is 147 Å². The fourth-order valence-corrected chi connectivity index (χ4v) is 4.16. The third-order valence-corrected chi connectivity index (χ3v) is 5.61. The molecule has 0 unspecified atom stereocenters. The molecule has 0 aliphatic heterocycles. The molecular formula is C19H23N3OS. The SMILES string of the molecule is CCN(CC)c1ccc(/C=N\NC(=O)c2cc3c(s2)CCC3)cc1. The Morgan fingerprint density at radius 3 is 2.67 bits per heavy atom. The van der Waals surface area contributed by atoms with Crippen molar-refractivity contribution in [3.63, 3.8) is 0 Å². The van der Waals surface area contributed by atoms with E-state index in [0.29, 0.717) is 0 Å². The minimum absolute atomic E-state index is 0.120. The highest BCUT2D eigenvalue weighted by Crippen LogP contribution is 2.30. The van der Waals surface area contributed by atoms with Crippen molar-refractivity contribution in [1.29, 1.82) is 0 Å². The third kappa shape index (κ3) is 3.67. The smallest absolute Gasteiger partial charge is 0.281 e. The van der Waals surface area contributed by atoms with E-state index < -0.39 is 0 Å². The van der Waals surface area contributed by atoms with E-state index in [-0.39, 0.29) is 5.91 Å². The summed E-state index contributed by atoms with van der Waals surface area (Å²) in [6.07, 6.45) is 5.10. The van der Waals surface area contributed by atoms with Gasteiger partial charge >= 0.3 is 0 Å². The second-order valence-electron chi connectivity index (χ2n) is 5.88. The summed E-state index contributed by atoms with van der Waals surface area (Å²) < 4.78 is 0. The molecule has 1 heterocycles. The zero-order chi connectivity index (χ0) is 16.9. The van der Waals surface area contributed by atoms with Crippen LogP contribution < -0.4 is 10.3 Å². The monoisotopic (exact) mass is 341 g/mol. The molecule has 3 rings (SSSR count). The summed E-state index contributed by atoms with van der Waals surface area (Å²) in [6.45, 7) is 6.28. The number of aryl methyl sites for hydroxylation is 2. The molecule has 0 fully saturated rings. The average molecular weight is 341 g/mol. The number of anilines is 1. The predicted molar refractivity (Wildman–Crippen MR) is 101 cm³/mol. The normalized spacial score (nSPS) is 13.2. The van der Waals surface area contributed by atoms with E-state index in [9.17, 15) is 4.79 Å². The quantitative estimate of drug-likeness (QED) is 0.641. The molecule has 1 amide bonds. The van der Waals surface area contributed by atoms with Gasteiger partial charge in [-0.05, 0) is 62.4 Å². The number of hydrazone groups is 1. The zero-order valence-electron chi connectivity index (χ0n) is 14.2. The van der Waals surface area contributed by atoms with Gasteiger partial charge in [-0.3, -0.25) is 4.79 Å². The molecule has 2 aromatic rings. The highest BCUT2D eigenvalue weighted by molar-refractivity contribution is 7.14. The molecule has 1 aromatic carbocycles. The molecule has 126 valence electrons. The van der Waals surface area contributed by atoms with E-state index in [4.69, 9.17) is 0 Å². The van der Waals surface area contributed by atoms with Crippen LogP contribution in [0.1, 0.15) is 45.9 Å². The van der Waals surface area contributed by atoms with Crippen LogP contribution >= 0.6 is 11.3 Å². The fourth-order valence-electron chi connectivity index (χ4n) is 3.02. The molecule has 0 radical (unpaired) electrons. The molecule has 0 spiro atoms. The Kier molecular flexibility index (Phi) is 5.30. The van der Waals surface area contributed by atoms with Gasteiger partial charge < -0.3 is 4.90 Å². The predicted octanol–water partition coefficient (Wildman–Crippen LogP) is 3.85. The number of amides is 1. The molecule has 1 N–H and O–H groups in total. The summed E-state index contributed by atoms with van der Waals surface area (Å²) in [5, 5.41) is 4.08. The maximum absolute atomic E-state index is 12.1. The maximum Gasteiger partial charge on any atom is 0.281 e. The summed E-state index contributed by atoms with van der Waals surface area (Å²) in [7, 11) is 0. The Morgan fingerprint density at radius 1 is 1.25 bits per heavy atom. The molecular weight excluding hydrogens is 318 g/mol. The van der Waals surface area contributed by atoms with Crippen molar-refractivity contribution in [3.05, 3.63) is 51.2 Å². The van der Waals surface area contributed by atoms with Gasteiger partial charge in [0.25, 0.3) is 5.91 Å². The van der Waals surface area contributed by atoms with Crippen LogP contribution in [0.5, 0.6) is 0 Å². The number of nitrogens with zero attached hydrogens (tertiary/aromatic N) is 2. The van der Waals surface area contributed by atoms with Gasteiger partial charge in [-0.15, -0.1) is 11.3 Å². The van der Waals surface area contributed by atoms with Gasteiger partial charge in [-0.1, -0.05) is 12.1 Å². The number of nitrogens with one attached hydrogen (secondary N) is 1. The fraction of sp³-hybridized carbons (Fsp3) is 0.368. The number of hydrogen-bond donors (Lipinski definition) is 1. The van der Waals surface area contributed by atoms with Crippen LogP contribution in [-0.2, 0) is 12.8 Å². The molecule has 1 aromatic heterocycles. The van der Waals surface area contributed by atoms with E-state index in [1.54, 1.807) is 17.6 Å². The largest absolute Gasteiger partial charge is 0.372 e. The number of thiophene rings is 1. The van der Waals surface area contributed by atoms with Crippen molar-refractivity contribution < 1.29 is 4.79 Å². The average Bonchev–Trinajstić information content (AvgIpc) is 3.19. The Bertz CT molecular complexity index is 708. The lowest BCUT2D eigenvalue weighted by Gasteiger charge is -2.20. The summed E-state index contributed by atoms with van der Waals surface area (Å²) in [4.78, 5) is 16.5. The number of fused-ring (bicyclic) bond motifs is 1. The summed E-state index contributed by atoms with van der Waals surface area (Å²) in [5.41, 5.74) is 6.14. The van der Waals surface area contributed by atoms with E-state index >= 15 is 0 Å². The minimum Gasteiger partial charge on any atom is -0.372 e. The first-order chi connectivity index (χ1) is 11.7. The topological polar surface area (TPSA) is 44.7 Å². The first-order valence-electron chi connectivity index (χ1n) is 8.51. The van der Waals surface area contributed by atoms with Crippen LogP contribution in [0.15, 0.2) is 35.4 Å². The van der Waals surface area contributed by atoms with Gasteiger partial charge in [0.05, 0.1) is 11.1 Å². The minimum atomic E-state index is -0.120. The molecule has 0 bridgehead atoms. The molecule has 1 aliphatic carbocycles. The van der Waals surface area contributed by atoms with Crippen molar-refractivity contribution in [3.8, 4) is 0 Å². The van der Waals surface area contributed by atoms with Crippen molar-refractivity contribution in [2.24, 2.45) is 5.10 Å². The number of rotatable bonds is 6. The molecule has 1 aliphatic rings. The van der Waals surface area contributed by atoms with Crippen LogP contribution in [0.25, 0.3) is 0 Å². The Balaban J connectivity index is 1.58. The van der Waals surface area contributed by atoms with E-state index in [2.05, 4.69) is 41.4 Å². The van der Waals surface area contributed by atoms with Gasteiger partial charge in [0.15, 0.2) is 0 Å². The second-order valence-corrected chi connectivity index (χ2v) is 7.01. The number of benzene rings is 1. The number of hydrogen-bond acceptors (Lipinski definition) is 4. The standard InChI is InChI=1S/C19H23N3OS/c1-3-22(4-2)16-10-8-14(9-11-16)13-20-21-19(23)18-12-15-6-5-7-17(15)24-18/h8-13H,3-7H2,1-2H3,(H,21,23)/b20-13-. The number of carbonyl (C=O) groups is 1. The van der Waals surface area contributed by atoms with Gasteiger partial charge in [-0.2, -0.15) is 5.10 Å². The van der Waals surface area contributed by atoms with Crippen molar-refractivity contribution in [1.82, 2.24) is 5.43 Å². The highest BCUT2D eigenvalue weighted by atomic mass is 32.1. The first-order valence-corrected chi connectivity index (χ1v) is 9.33. The molecule has 4 nitrogen and oxygen atoms in total. The summed E-state index contributed by atoms with van der Waals surface area (Å²) >= 11 is 1.60. The van der Waals surface area contributed by atoms with Gasteiger partial charge in [0, 0.05) is 23.7 Å². The van der Waals surface area contributed by atoms with Crippen LogP contribution in [0.4, 0.5) is 5.69 Å². The molecule has 0 saturated heterocycles. The Hall–Kier alpha value is -2.14. The van der Waals surface area contributed by atoms with Gasteiger partial charge in [-0.25, -0.2) is 5.43 Å². The number of carbonyl (C=O) groups excluding carboxylic acids is 1. The van der Waals surface area contributed by atoms with Crippen LogP contribution in [0.2, 0.25) is 0 Å². The maximum atomic E-state index is 12.1. The van der Waals surface area contributed by atoms with E-state index in [1.807, 2.05) is 18.2 Å². The lowest BCUT2D eigenvalue weighted by Crippen LogP contribution is -2.21. The van der Waals surface area contributed by atoms with Crippen LogP contribution in [0, 0.1) is 0 Å². The van der Waals surface area contributed by atoms with Gasteiger partial charge in [0.2, 0.25) is 0 Å².